The van der Waals surface area contributed by atoms with Gasteiger partial charge in [0, 0.05) is 37.2 Å². The first-order valence-electron chi connectivity index (χ1n) is 10.7. The first-order valence-corrected chi connectivity index (χ1v) is 10.7. The lowest BCUT2D eigenvalue weighted by Crippen LogP contribution is -2.44. The number of fused-ring (bicyclic) bond motifs is 1. The molecule has 29 heavy (non-hydrogen) atoms. The van der Waals surface area contributed by atoms with Gasteiger partial charge in [-0.1, -0.05) is 18.2 Å². The molecule has 0 bridgehead atoms. The Kier molecular flexibility index (Phi) is 5.86. The van der Waals surface area contributed by atoms with E-state index in [-0.39, 0.29) is 11.8 Å². The van der Waals surface area contributed by atoms with E-state index in [9.17, 15) is 4.79 Å². The number of rotatable bonds is 5. The van der Waals surface area contributed by atoms with Gasteiger partial charge in [0.2, 0.25) is 5.91 Å². The molecule has 4 rings (SSSR count). The van der Waals surface area contributed by atoms with Crippen molar-refractivity contribution in [3.05, 3.63) is 42.0 Å². The predicted molar refractivity (Wildman–Crippen MR) is 117 cm³/mol. The Hall–Kier alpha value is -2.40. The molecule has 1 saturated carbocycles. The summed E-state index contributed by atoms with van der Waals surface area (Å²) in [5, 5.41) is 14.2. The summed E-state index contributed by atoms with van der Waals surface area (Å²) in [7, 11) is 1.68. The molecule has 1 saturated heterocycles. The standard InChI is InChI=1S/C24H31N3O2/c1-16(28)26-21-8-9-22(14-21)27-11-3-4-20(15-27)24(25)19-6-5-18-13-23(29-2)10-7-17(18)12-19/h5-7,10,12-13,20-22,25H,3-4,8-9,11,14-15H2,1-2H3,(H,26,28). The van der Waals surface area contributed by atoms with E-state index < -0.39 is 0 Å². The van der Waals surface area contributed by atoms with Crippen molar-refractivity contribution in [2.75, 3.05) is 20.2 Å². The van der Waals surface area contributed by atoms with Crippen molar-refractivity contribution >= 4 is 22.4 Å². The number of piperidine rings is 1. The third-order valence-electron chi connectivity index (χ3n) is 6.55. The van der Waals surface area contributed by atoms with Gasteiger partial charge >= 0.3 is 0 Å². The number of benzene rings is 2. The number of amides is 1. The lowest BCUT2D eigenvalue weighted by molar-refractivity contribution is -0.119. The van der Waals surface area contributed by atoms with Crippen LogP contribution in [0.3, 0.4) is 0 Å². The van der Waals surface area contributed by atoms with Crippen LogP contribution < -0.4 is 10.1 Å². The minimum absolute atomic E-state index is 0.0721. The molecule has 2 aromatic carbocycles. The second-order valence-electron chi connectivity index (χ2n) is 8.54. The summed E-state index contributed by atoms with van der Waals surface area (Å²) in [6, 6.07) is 13.2. The minimum Gasteiger partial charge on any atom is -0.497 e. The molecule has 2 aromatic rings. The third-order valence-corrected chi connectivity index (χ3v) is 6.55. The number of hydrogen-bond donors (Lipinski definition) is 2. The highest BCUT2D eigenvalue weighted by atomic mass is 16.5. The van der Waals surface area contributed by atoms with Crippen LogP contribution in [-0.4, -0.2) is 48.8 Å². The fraction of sp³-hybridized carbons (Fsp3) is 0.500. The highest BCUT2D eigenvalue weighted by Gasteiger charge is 2.33. The van der Waals surface area contributed by atoms with Crippen molar-refractivity contribution in [2.24, 2.45) is 5.92 Å². The quantitative estimate of drug-likeness (QED) is 0.755. The van der Waals surface area contributed by atoms with Gasteiger partial charge in [-0.3, -0.25) is 9.69 Å². The molecule has 0 radical (unpaired) electrons. The number of likely N-dealkylation sites (tertiary alicyclic amines) is 1. The molecule has 5 heteroatoms. The SMILES string of the molecule is COc1ccc2cc(C(=N)C3CCCN(C4CCC(NC(C)=O)C4)C3)ccc2c1. The van der Waals surface area contributed by atoms with Crippen molar-refractivity contribution in [1.82, 2.24) is 10.2 Å². The van der Waals surface area contributed by atoms with Gasteiger partial charge in [-0.2, -0.15) is 0 Å². The molecule has 5 nitrogen and oxygen atoms in total. The van der Waals surface area contributed by atoms with Crippen LogP contribution in [0.2, 0.25) is 0 Å². The van der Waals surface area contributed by atoms with Gasteiger partial charge in [0.15, 0.2) is 0 Å². The van der Waals surface area contributed by atoms with E-state index in [2.05, 4.69) is 34.5 Å². The van der Waals surface area contributed by atoms with Gasteiger partial charge in [-0.15, -0.1) is 0 Å². The fourth-order valence-electron chi connectivity index (χ4n) is 5.04. The molecule has 1 heterocycles. The van der Waals surface area contributed by atoms with E-state index in [1.54, 1.807) is 14.0 Å². The topological polar surface area (TPSA) is 65.4 Å². The van der Waals surface area contributed by atoms with Crippen molar-refractivity contribution in [3.63, 3.8) is 0 Å². The third kappa shape index (κ3) is 4.45. The Morgan fingerprint density at radius 1 is 1.14 bits per heavy atom. The Bertz CT molecular complexity index is 910. The molecular weight excluding hydrogens is 362 g/mol. The van der Waals surface area contributed by atoms with Crippen molar-refractivity contribution < 1.29 is 9.53 Å². The van der Waals surface area contributed by atoms with Crippen LogP contribution in [0.25, 0.3) is 10.8 Å². The monoisotopic (exact) mass is 393 g/mol. The molecule has 1 aliphatic heterocycles. The van der Waals surface area contributed by atoms with Gasteiger partial charge in [0.05, 0.1) is 7.11 Å². The molecular formula is C24H31N3O2. The van der Waals surface area contributed by atoms with E-state index in [0.717, 1.165) is 73.0 Å². The van der Waals surface area contributed by atoms with E-state index in [1.807, 2.05) is 12.1 Å². The molecule has 1 amide bonds. The zero-order valence-corrected chi connectivity index (χ0v) is 17.4. The van der Waals surface area contributed by atoms with Crippen LogP contribution in [0.15, 0.2) is 36.4 Å². The zero-order valence-electron chi connectivity index (χ0n) is 17.4. The van der Waals surface area contributed by atoms with Crippen molar-refractivity contribution in [3.8, 4) is 5.75 Å². The van der Waals surface area contributed by atoms with Gasteiger partial charge in [-0.25, -0.2) is 0 Å². The largest absolute Gasteiger partial charge is 0.497 e. The van der Waals surface area contributed by atoms with E-state index in [1.165, 1.54) is 0 Å². The molecule has 0 aromatic heterocycles. The second kappa shape index (κ2) is 8.54. The Balaban J connectivity index is 1.43. The smallest absolute Gasteiger partial charge is 0.217 e. The number of nitrogens with one attached hydrogen (secondary N) is 2. The molecule has 2 N–H and O–H groups in total. The van der Waals surface area contributed by atoms with Gasteiger partial charge in [0.25, 0.3) is 0 Å². The summed E-state index contributed by atoms with van der Waals surface area (Å²) in [5.41, 5.74) is 1.78. The highest BCUT2D eigenvalue weighted by Crippen LogP contribution is 2.30. The lowest BCUT2D eigenvalue weighted by atomic mass is 9.88. The summed E-state index contributed by atoms with van der Waals surface area (Å²) in [4.78, 5) is 13.9. The highest BCUT2D eigenvalue weighted by molar-refractivity contribution is 6.03. The van der Waals surface area contributed by atoms with Crippen molar-refractivity contribution in [1.29, 1.82) is 5.41 Å². The fourth-order valence-corrected chi connectivity index (χ4v) is 5.04. The van der Waals surface area contributed by atoms with E-state index >= 15 is 0 Å². The van der Waals surface area contributed by atoms with Gasteiger partial charge in [0.1, 0.15) is 5.75 Å². The predicted octanol–water partition coefficient (Wildman–Crippen LogP) is 3.99. The van der Waals surface area contributed by atoms with Gasteiger partial charge in [-0.05, 0) is 73.2 Å². The van der Waals surface area contributed by atoms with Gasteiger partial charge < -0.3 is 15.5 Å². The Morgan fingerprint density at radius 2 is 1.93 bits per heavy atom. The maximum atomic E-state index is 11.4. The molecule has 3 unspecified atom stereocenters. The first kappa shape index (κ1) is 19.9. The average molecular weight is 394 g/mol. The summed E-state index contributed by atoms with van der Waals surface area (Å²) in [6.45, 7) is 3.67. The molecule has 2 fully saturated rings. The van der Waals surface area contributed by atoms with E-state index in [4.69, 9.17) is 10.1 Å². The molecule has 1 aliphatic carbocycles. The molecule has 154 valence electrons. The van der Waals surface area contributed by atoms with Crippen LogP contribution >= 0.6 is 0 Å². The average Bonchev–Trinajstić information content (AvgIpc) is 3.20. The Morgan fingerprint density at radius 3 is 2.72 bits per heavy atom. The number of hydrogen-bond acceptors (Lipinski definition) is 4. The number of ether oxygens (including phenoxy) is 1. The van der Waals surface area contributed by atoms with Crippen molar-refractivity contribution in [2.45, 2.75) is 51.1 Å². The summed E-state index contributed by atoms with van der Waals surface area (Å²) >= 11 is 0. The summed E-state index contributed by atoms with van der Waals surface area (Å²) in [6.07, 6.45) is 5.47. The summed E-state index contributed by atoms with van der Waals surface area (Å²) in [5.74, 6) is 1.21. The first-order chi connectivity index (χ1) is 14.0. The number of nitrogens with zero attached hydrogens (tertiary/aromatic N) is 1. The van der Waals surface area contributed by atoms with Crippen LogP contribution in [0.5, 0.6) is 5.75 Å². The zero-order chi connectivity index (χ0) is 20.4. The lowest BCUT2D eigenvalue weighted by Gasteiger charge is -2.37. The van der Waals surface area contributed by atoms with Crippen LogP contribution in [0.4, 0.5) is 0 Å². The summed E-state index contributed by atoms with van der Waals surface area (Å²) < 4.78 is 5.31. The minimum atomic E-state index is 0.0721. The number of carbonyl (C=O) groups excluding carboxylic acids is 1. The Labute approximate surface area is 172 Å². The molecule has 3 atom stereocenters. The maximum absolute atomic E-state index is 11.4. The van der Waals surface area contributed by atoms with Crippen LogP contribution in [0.1, 0.15) is 44.6 Å². The second-order valence-corrected chi connectivity index (χ2v) is 8.54. The van der Waals surface area contributed by atoms with Crippen LogP contribution in [-0.2, 0) is 4.79 Å². The maximum Gasteiger partial charge on any atom is 0.217 e. The van der Waals surface area contributed by atoms with E-state index in [0.29, 0.717) is 12.1 Å². The normalized spacial score (nSPS) is 25.1. The number of carbonyl (C=O) groups is 1. The molecule has 2 aliphatic rings. The van der Waals surface area contributed by atoms with Crippen LogP contribution in [0, 0.1) is 11.3 Å². The number of methoxy groups -OCH3 is 1. The molecule has 0 spiro atoms.